The molecule has 8 heteroatoms. The van der Waals surface area contributed by atoms with Crippen LogP contribution in [0.2, 0.25) is 10.0 Å². The van der Waals surface area contributed by atoms with Gasteiger partial charge in [-0.15, -0.1) is 0 Å². The molecule has 0 saturated heterocycles. The van der Waals surface area contributed by atoms with Gasteiger partial charge in [0.2, 0.25) is 5.91 Å². The molecule has 0 fully saturated rings. The Hall–Kier alpha value is -2.57. The number of amides is 1. The van der Waals surface area contributed by atoms with Gasteiger partial charge in [-0.25, -0.2) is 0 Å². The van der Waals surface area contributed by atoms with E-state index < -0.39 is 0 Å². The summed E-state index contributed by atoms with van der Waals surface area (Å²) >= 11 is 11.9. The zero-order chi connectivity index (χ0) is 17.8. The maximum absolute atomic E-state index is 12.1. The first kappa shape index (κ1) is 17.3. The first-order valence-electron chi connectivity index (χ1n) is 7.27. The van der Waals surface area contributed by atoms with Crippen LogP contribution < -0.4 is 10.1 Å². The van der Waals surface area contributed by atoms with Gasteiger partial charge < -0.3 is 14.6 Å². The molecule has 0 aliphatic heterocycles. The van der Waals surface area contributed by atoms with Crippen LogP contribution in [0.15, 0.2) is 47.0 Å². The number of ether oxygens (including phenoxy) is 1. The largest absolute Gasteiger partial charge is 0.497 e. The van der Waals surface area contributed by atoms with Crippen LogP contribution >= 0.6 is 23.2 Å². The van der Waals surface area contributed by atoms with Crippen LogP contribution in [-0.4, -0.2) is 23.2 Å². The lowest BCUT2D eigenvalue weighted by atomic mass is 10.2. The number of aromatic nitrogens is 2. The zero-order valence-corrected chi connectivity index (χ0v) is 14.6. The third-order valence-electron chi connectivity index (χ3n) is 3.33. The molecule has 1 aromatic heterocycles. The fourth-order valence-electron chi connectivity index (χ4n) is 2.10. The maximum Gasteiger partial charge on any atom is 0.257 e. The molecular weight excluding hydrogens is 365 g/mol. The molecule has 3 rings (SSSR count). The van der Waals surface area contributed by atoms with Crippen molar-refractivity contribution in [2.75, 3.05) is 12.4 Å². The minimum absolute atomic E-state index is 0.0170. The highest BCUT2D eigenvalue weighted by atomic mass is 35.5. The van der Waals surface area contributed by atoms with Crippen molar-refractivity contribution >= 4 is 34.8 Å². The van der Waals surface area contributed by atoms with Gasteiger partial charge in [0.1, 0.15) is 5.75 Å². The number of nitrogens with zero attached hydrogens (tertiary/aromatic N) is 2. The van der Waals surface area contributed by atoms with Gasteiger partial charge >= 0.3 is 0 Å². The molecule has 1 heterocycles. The Labute approximate surface area is 153 Å². The quantitative estimate of drug-likeness (QED) is 0.719. The van der Waals surface area contributed by atoms with E-state index in [1.54, 1.807) is 49.6 Å². The van der Waals surface area contributed by atoms with Crippen LogP contribution in [0, 0.1) is 0 Å². The molecule has 25 heavy (non-hydrogen) atoms. The first-order chi connectivity index (χ1) is 12.0. The van der Waals surface area contributed by atoms with Gasteiger partial charge in [-0.3, -0.25) is 4.79 Å². The molecule has 0 unspecified atom stereocenters. The second-order valence-corrected chi connectivity index (χ2v) is 5.91. The molecule has 0 bridgehead atoms. The summed E-state index contributed by atoms with van der Waals surface area (Å²) in [5.74, 6) is 0.993. The molecule has 2 aromatic carbocycles. The molecule has 0 aliphatic rings. The summed E-state index contributed by atoms with van der Waals surface area (Å²) in [4.78, 5) is 16.3. The molecule has 128 valence electrons. The lowest BCUT2D eigenvalue weighted by molar-refractivity contribution is -0.115. The van der Waals surface area contributed by atoms with Crippen LogP contribution in [0.1, 0.15) is 5.82 Å². The highest BCUT2D eigenvalue weighted by molar-refractivity contribution is 6.42. The van der Waals surface area contributed by atoms with E-state index >= 15 is 0 Å². The molecule has 0 aliphatic carbocycles. The van der Waals surface area contributed by atoms with Crippen molar-refractivity contribution in [1.82, 2.24) is 10.1 Å². The summed E-state index contributed by atoms with van der Waals surface area (Å²) in [6.45, 7) is 0. The SMILES string of the molecule is COc1ccc(NC(=O)Cc2noc(-c3ccc(Cl)c(Cl)c3)n2)cc1. The van der Waals surface area contributed by atoms with Crippen molar-refractivity contribution in [2.45, 2.75) is 6.42 Å². The predicted octanol–water partition coefficient (Wildman–Crippen LogP) is 4.23. The zero-order valence-electron chi connectivity index (χ0n) is 13.1. The molecule has 0 spiro atoms. The number of hydrogen-bond acceptors (Lipinski definition) is 5. The third kappa shape index (κ3) is 4.29. The lowest BCUT2D eigenvalue weighted by Gasteiger charge is -2.04. The Morgan fingerprint density at radius 1 is 1.16 bits per heavy atom. The van der Waals surface area contributed by atoms with E-state index in [4.69, 9.17) is 32.5 Å². The van der Waals surface area contributed by atoms with Crippen LogP contribution in [-0.2, 0) is 11.2 Å². The van der Waals surface area contributed by atoms with Crippen molar-refractivity contribution < 1.29 is 14.1 Å². The summed E-state index contributed by atoms with van der Waals surface area (Å²) in [7, 11) is 1.58. The van der Waals surface area contributed by atoms with Gasteiger partial charge in [0, 0.05) is 11.3 Å². The van der Waals surface area contributed by atoms with Gasteiger partial charge in [-0.2, -0.15) is 4.98 Å². The number of benzene rings is 2. The van der Waals surface area contributed by atoms with E-state index in [1.165, 1.54) is 0 Å². The van der Waals surface area contributed by atoms with Gasteiger partial charge in [-0.1, -0.05) is 28.4 Å². The summed E-state index contributed by atoms with van der Waals surface area (Å²) in [6, 6.07) is 12.0. The lowest BCUT2D eigenvalue weighted by Crippen LogP contribution is -2.15. The Morgan fingerprint density at radius 2 is 1.92 bits per heavy atom. The normalized spacial score (nSPS) is 10.5. The molecule has 3 aromatic rings. The monoisotopic (exact) mass is 377 g/mol. The van der Waals surface area contributed by atoms with Crippen LogP contribution in [0.3, 0.4) is 0 Å². The minimum Gasteiger partial charge on any atom is -0.497 e. The molecule has 0 saturated carbocycles. The number of nitrogens with one attached hydrogen (secondary N) is 1. The minimum atomic E-state index is -0.258. The third-order valence-corrected chi connectivity index (χ3v) is 4.07. The summed E-state index contributed by atoms with van der Waals surface area (Å²) < 4.78 is 10.2. The second kappa shape index (κ2) is 7.55. The van der Waals surface area contributed by atoms with Crippen molar-refractivity contribution in [3.8, 4) is 17.2 Å². The number of carbonyl (C=O) groups is 1. The number of anilines is 1. The molecule has 0 radical (unpaired) electrons. The highest BCUT2D eigenvalue weighted by Crippen LogP contribution is 2.27. The molecule has 1 N–H and O–H groups in total. The predicted molar refractivity (Wildman–Crippen MR) is 95.1 cm³/mol. The van der Waals surface area contributed by atoms with Crippen LogP contribution in [0.25, 0.3) is 11.5 Å². The standard InChI is InChI=1S/C17H13Cl2N3O3/c1-24-12-5-3-11(4-6-12)20-16(23)9-15-21-17(25-22-15)10-2-7-13(18)14(19)8-10/h2-8H,9H2,1H3,(H,20,23). The van der Waals surface area contributed by atoms with Gasteiger partial charge in [0.05, 0.1) is 23.6 Å². The number of methoxy groups -OCH3 is 1. The summed E-state index contributed by atoms with van der Waals surface area (Å²) in [5, 5.41) is 7.38. The average Bonchev–Trinajstić information content (AvgIpc) is 3.06. The van der Waals surface area contributed by atoms with E-state index in [0.717, 1.165) is 0 Å². The Bertz CT molecular complexity index is 894. The molecule has 6 nitrogen and oxygen atoms in total. The summed E-state index contributed by atoms with van der Waals surface area (Å²) in [6.07, 6.45) is -0.0170. The fraction of sp³-hybridized carbons (Fsp3) is 0.118. The van der Waals surface area contributed by atoms with E-state index in [2.05, 4.69) is 15.5 Å². The number of hydrogen-bond donors (Lipinski definition) is 1. The Balaban J connectivity index is 1.65. The van der Waals surface area contributed by atoms with Gasteiger partial charge in [-0.05, 0) is 42.5 Å². The Kier molecular flexibility index (Phi) is 5.21. The molecule has 1 amide bonds. The Morgan fingerprint density at radius 3 is 2.60 bits per heavy atom. The maximum atomic E-state index is 12.1. The number of rotatable bonds is 5. The second-order valence-electron chi connectivity index (χ2n) is 5.10. The van der Waals surface area contributed by atoms with E-state index in [-0.39, 0.29) is 24.0 Å². The molecule has 0 atom stereocenters. The van der Waals surface area contributed by atoms with Crippen LogP contribution in [0.5, 0.6) is 5.75 Å². The average molecular weight is 378 g/mol. The van der Waals surface area contributed by atoms with E-state index in [9.17, 15) is 4.79 Å². The van der Waals surface area contributed by atoms with Crippen molar-refractivity contribution in [3.63, 3.8) is 0 Å². The van der Waals surface area contributed by atoms with Gasteiger partial charge in [0.25, 0.3) is 5.89 Å². The highest BCUT2D eigenvalue weighted by Gasteiger charge is 2.13. The molecular formula is C17H13Cl2N3O3. The smallest absolute Gasteiger partial charge is 0.257 e. The van der Waals surface area contributed by atoms with E-state index in [0.29, 0.717) is 27.0 Å². The van der Waals surface area contributed by atoms with Crippen LogP contribution in [0.4, 0.5) is 5.69 Å². The van der Waals surface area contributed by atoms with E-state index in [1.807, 2.05) is 0 Å². The number of halogens is 2. The van der Waals surface area contributed by atoms with Gasteiger partial charge in [0.15, 0.2) is 5.82 Å². The topological polar surface area (TPSA) is 77.2 Å². The van der Waals surface area contributed by atoms with Crippen molar-refractivity contribution in [1.29, 1.82) is 0 Å². The summed E-state index contributed by atoms with van der Waals surface area (Å²) in [5.41, 5.74) is 1.28. The number of carbonyl (C=O) groups excluding carboxylic acids is 1. The first-order valence-corrected chi connectivity index (χ1v) is 8.02. The van der Waals surface area contributed by atoms with Crippen molar-refractivity contribution in [3.05, 3.63) is 58.3 Å². The van der Waals surface area contributed by atoms with Crippen molar-refractivity contribution in [2.24, 2.45) is 0 Å². The fourth-order valence-corrected chi connectivity index (χ4v) is 2.39.